The number of thioether (sulfide) groups is 1. The Kier molecular flexibility index (Phi) is 5.37. The van der Waals surface area contributed by atoms with Crippen LogP contribution in [0, 0.1) is 0 Å². The molecule has 26 heavy (non-hydrogen) atoms. The van der Waals surface area contributed by atoms with E-state index in [0.717, 1.165) is 10.8 Å². The summed E-state index contributed by atoms with van der Waals surface area (Å²) < 4.78 is 3.51. The number of amides is 2. The maximum atomic E-state index is 12.4. The third kappa shape index (κ3) is 4.12. The van der Waals surface area contributed by atoms with Crippen LogP contribution in [-0.2, 0) is 11.3 Å². The Hall–Kier alpha value is -3.07. The van der Waals surface area contributed by atoms with Gasteiger partial charge in [0.2, 0.25) is 5.91 Å². The van der Waals surface area contributed by atoms with Crippen molar-refractivity contribution in [3.05, 3.63) is 54.5 Å². The van der Waals surface area contributed by atoms with E-state index in [9.17, 15) is 9.59 Å². The second-order valence-corrected chi connectivity index (χ2v) is 6.24. The van der Waals surface area contributed by atoms with E-state index < -0.39 is 5.91 Å². The van der Waals surface area contributed by atoms with Crippen molar-refractivity contribution in [3.8, 4) is 5.69 Å². The van der Waals surface area contributed by atoms with Crippen LogP contribution in [-0.4, -0.2) is 37.4 Å². The van der Waals surface area contributed by atoms with E-state index in [1.54, 1.807) is 47.0 Å². The highest BCUT2D eigenvalue weighted by atomic mass is 32.2. The summed E-state index contributed by atoms with van der Waals surface area (Å²) in [4.78, 5) is 27.4. The molecule has 0 aliphatic heterocycles. The summed E-state index contributed by atoms with van der Waals surface area (Å²) in [6.07, 6.45) is 7.46. The highest BCUT2D eigenvalue weighted by molar-refractivity contribution is 7.98. The van der Waals surface area contributed by atoms with Crippen LogP contribution in [0.1, 0.15) is 16.8 Å². The standard InChI is InChI=1S/C17H18N6O2S/c1-26-17-19-8-11-23(17)13-4-2-12(3-5-13)16(25)20-15-7-10-22(21-15)9-6-14(18)24/h2-5,7-8,10-11H,6,9H2,1H3,(H2,18,24)(H,20,21,25). The zero-order valence-electron chi connectivity index (χ0n) is 14.1. The van der Waals surface area contributed by atoms with Crippen LogP contribution < -0.4 is 11.1 Å². The van der Waals surface area contributed by atoms with E-state index >= 15 is 0 Å². The molecule has 2 aromatic heterocycles. The topological polar surface area (TPSA) is 108 Å². The van der Waals surface area contributed by atoms with E-state index in [-0.39, 0.29) is 12.3 Å². The van der Waals surface area contributed by atoms with Gasteiger partial charge in [-0.2, -0.15) is 5.10 Å². The number of hydrogen-bond donors (Lipinski definition) is 2. The van der Waals surface area contributed by atoms with Gasteiger partial charge in [0, 0.05) is 48.9 Å². The summed E-state index contributed by atoms with van der Waals surface area (Å²) in [7, 11) is 0. The lowest BCUT2D eigenvalue weighted by Crippen LogP contribution is -2.15. The molecule has 1 aromatic carbocycles. The number of benzene rings is 1. The lowest BCUT2D eigenvalue weighted by molar-refractivity contribution is -0.118. The van der Waals surface area contributed by atoms with E-state index in [1.807, 2.05) is 29.2 Å². The molecule has 0 spiro atoms. The van der Waals surface area contributed by atoms with Crippen LogP contribution in [0.3, 0.4) is 0 Å². The quantitative estimate of drug-likeness (QED) is 0.618. The summed E-state index contributed by atoms with van der Waals surface area (Å²) in [5.41, 5.74) is 6.56. The summed E-state index contributed by atoms with van der Waals surface area (Å²) in [5, 5.41) is 7.80. The molecular weight excluding hydrogens is 352 g/mol. The number of aryl methyl sites for hydroxylation is 1. The molecule has 0 fully saturated rings. The van der Waals surface area contributed by atoms with Gasteiger partial charge in [-0.1, -0.05) is 11.8 Å². The van der Waals surface area contributed by atoms with Gasteiger partial charge in [-0.05, 0) is 30.5 Å². The second kappa shape index (κ2) is 7.87. The Morgan fingerprint density at radius 1 is 1.19 bits per heavy atom. The van der Waals surface area contributed by atoms with Crippen molar-refractivity contribution in [1.82, 2.24) is 19.3 Å². The SMILES string of the molecule is CSc1nccn1-c1ccc(C(=O)Nc2ccn(CCC(N)=O)n2)cc1. The lowest BCUT2D eigenvalue weighted by atomic mass is 10.2. The Balaban J connectivity index is 1.66. The minimum atomic E-state index is -0.395. The first-order chi connectivity index (χ1) is 12.6. The predicted octanol–water partition coefficient (Wildman–Crippen LogP) is 1.92. The van der Waals surface area contributed by atoms with E-state index in [1.165, 1.54) is 0 Å². The smallest absolute Gasteiger partial charge is 0.256 e. The van der Waals surface area contributed by atoms with Gasteiger partial charge in [-0.25, -0.2) is 4.98 Å². The number of primary amides is 1. The number of hydrogen-bond acceptors (Lipinski definition) is 5. The molecule has 3 aromatic rings. The maximum Gasteiger partial charge on any atom is 0.256 e. The second-order valence-electron chi connectivity index (χ2n) is 5.47. The monoisotopic (exact) mass is 370 g/mol. The van der Waals surface area contributed by atoms with Gasteiger partial charge >= 0.3 is 0 Å². The molecule has 3 N–H and O–H groups in total. The zero-order valence-corrected chi connectivity index (χ0v) is 14.9. The fourth-order valence-corrected chi connectivity index (χ4v) is 2.91. The number of nitrogens with zero attached hydrogens (tertiary/aromatic N) is 4. The van der Waals surface area contributed by atoms with Crippen LogP contribution in [0.5, 0.6) is 0 Å². The Bertz CT molecular complexity index is 915. The molecule has 0 aliphatic rings. The minimum Gasteiger partial charge on any atom is -0.370 e. The van der Waals surface area contributed by atoms with Crippen molar-refractivity contribution in [2.45, 2.75) is 18.1 Å². The third-order valence-corrected chi connectivity index (χ3v) is 4.33. The van der Waals surface area contributed by atoms with Crippen LogP contribution in [0.25, 0.3) is 5.69 Å². The van der Waals surface area contributed by atoms with Crippen LogP contribution >= 0.6 is 11.8 Å². The molecule has 0 atom stereocenters. The highest BCUT2D eigenvalue weighted by Gasteiger charge is 2.10. The number of rotatable bonds is 7. The molecule has 8 nitrogen and oxygen atoms in total. The van der Waals surface area contributed by atoms with Gasteiger partial charge in [0.1, 0.15) is 0 Å². The normalized spacial score (nSPS) is 10.7. The first-order valence-electron chi connectivity index (χ1n) is 7.87. The Labute approximate surface area is 154 Å². The molecule has 0 saturated carbocycles. The van der Waals surface area contributed by atoms with Crippen LogP contribution in [0.15, 0.2) is 54.1 Å². The molecule has 0 bridgehead atoms. The molecule has 0 saturated heterocycles. The number of aromatic nitrogens is 4. The third-order valence-electron chi connectivity index (χ3n) is 3.67. The molecule has 134 valence electrons. The van der Waals surface area contributed by atoms with Crippen molar-refractivity contribution in [1.29, 1.82) is 0 Å². The molecular formula is C17H18N6O2S. The first-order valence-corrected chi connectivity index (χ1v) is 9.10. The van der Waals surface area contributed by atoms with Gasteiger partial charge in [0.25, 0.3) is 5.91 Å². The Morgan fingerprint density at radius 3 is 2.65 bits per heavy atom. The number of imidazole rings is 1. The van der Waals surface area contributed by atoms with Crippen LogP contribution in [0.2, 0.25) is 0 Å². The summed E-state index contributed by atoms with van der Waals surface area (Å²) >= 11 is 1.55. The minimum absolute atomic E-state index is 0.197. The van der Waals surface area contributed by atoms with Gasteiger partial charge < -0.3 is 11.1 Å². The highest BCUT2D eigenvalue weighted by Crippen LogP contribution is 2.18. The van der Waals surface area contributed by atoms with E-state index in [4.69, 9.17) is 5.73 Å². The first kappa shape index (κ1) is 17.7. The maximum absolute atomic E-state index is 12.4. The fraction of sp³-hybridized carbons (Fsp3) is 0.176. The molecule has 0 radical (unpaired) electrons. The van der Waals surface area contributed by atoms with Gasteiger partial charge in [0.15, 0.2) is 11.0 Å². The van der Waals surface area contributed by atoms with Crippen molar-refractivity contribution < 1.29 is 9.59 Å². The molecule has 2 heterocycles. The molecule has 0 unspecified atom stereocenters. The summed E-state index contributed by atoms with van der Waals surface area (Å²) in [5.74, 6) is -0.232. The summed E-state index contributed by atoms with van der Waals surface area (Å²) in [6.45, 7) is 0.378. The Morgan fingerprint density at radius 2 is 1.96 bits per heavy atom. The molecule has 3 rings (SSSR count). The van der Waals surface area contributed by atoms with E-state index in [0.29, 0.717) is 17.9 Å². The molecule has 0 aliphatic carbocycles. The largest absolute Gasteiger partial charge is 0.370 e. The lowest BCUT2D eigenvalue weighted by Gasteiger charge is -2.07. The number of nitrogens with two attached hydrogens (primary N) is 1. The van der Waals surface area contributed by atoms with Crippen molar-refractivity contribution in [3.63, 3.8) is 0 Å². The fourth-order valence-electron chi connectivity index (χ4n) is 2.38. The number of carbonyl (C=O) groups is 2. The van der Waals surface area contributed by atoms with Crippen molar-refractivity contribution >= 4 is 29.4 Å². The number of anilines is 1. The van der Waals surface area contributed by atoms with E-state index in [2.05, 4.69) is 15.4 Å². The van der Waals surface area contributed by atoms with Gasteiger partial charge in [0.05, 0.1) is 0 Å². The average Bonchev–Trinajstić information content (AvgIpc) is 3.29. The molecule has 2 amide bonds. The van der Waals surface area contributed by atoms with Crippen molar-refractivity contribution in [2.75, 3.05) is 11.6 Å². The number of carbonyl (C=O) groups excluding carboxylic acids is 2. The van der Waals surface area contributed by atoms with Crippen LogP contribution in [0.4, 0.5) is 5.82 Å². The summed E-state index contributed by atoms with van der Waals surface area (Å²) in [6, 6.07) is 8.89. The average molecular weight is 370 g/mol. The molecule has 9 heteroatoms. The van der Waals surface area contributed by atoms with Gasteiger partial charge in [-0.15, -0.1) is 0 Å². The zero-order chi connectivity index (χ0) is 18.5. The van der Waals surface area contributed by atoms with Gasteiger partial charge in [-0.3, -0.25) is 18.8 Å². The predicted molar refractivity (Wildman–Crippen MR) is 99.3 cm³/mol. The van der Waals surface area contributed by atoms with Crippen molar-refractivity contribution in [2.24, 2.45) is 5.73 Å². The number of nitrogens with one attached hydrogen (secondary N) is 1.